The molecule has 14 nitrogen and oxygen atoms in total. The molecule has 2 N–H and O–H groups in total. The maximum Gasteiger partial charge on any atom is 0.307 e. The van der Waals surface area contributed by atoms with Gasteiger partial charge in [0.05, 0.1) is 27.4 Å². The summed E-state index contributed by atoms with van der Waals surface area (Å²) < 4.78 is 25.8. The van der Waals surface area contributed by atoms with Crippen LogP contribution in [0, 0.1) is 37.0 Å². The number of nitrogens with zero attached hydrogens (tertiary/aromatic N) is 6. The summed E-state index contributed by atoms with van der Waals surface area (Å²) in [5.41, 5.74) is 10.5. The van der Waals surface area contributed by atoms with Crippen LogP contribution in [-0.4, -0.2) is 81.4 Å². The van der Waals surface area contributed by atoms with Crippen LogP contribution in [0.1, 0.15) is 81.3 Å². The largest absolute Gasteiger partial charge is 0.488 e. The van der Waals surface area contributed by atoms with Crippen molar-refractivity contribution in [2.45, 2.75) is 79.0 Å². The van der Waals surface area contributed by atoms with Crippen LogP contribution in [0.15, 0.2) is 103 Å². The molecule has 0 aliphatic carbocycles. The molecule has 2 unspecified atom stereocenters. The van der Waals surface area contributed by atoms with E-state index in [-0.39, 0.29) is 26.4 Å². The second kappa shape index (κ2) is 24.6. The Bertz CT molecular complexity index is 3030. The van der Waals surface area contributed by atoms with Crippen molar-refractivity contribution in [3.05, 3.63) is 163 Å². The van der Waals surface area contributed by atoms with E-state index in [1.165, 1.54) is 6.20 Å². The maximum absolute atomic E-state index is 11.9. The average Bonchev–Trinajstić information content (AvgIpc) is 3.39. The highest BCUT2D eigenvalue weighted by molar-refractivity contribution is 6.32. The summed E-state index contributed by atoms with van der Waals surface area (Å²) in [6, 6.07) is 25.4. The number of rotatable bonds is 20. The Labute approximate surface area is 435 Å². The molecule has 2 aliphatic rings. The molecule has 2 saturated heterocycles. The number of aliphatic imine (C=N–C) groups is 1. The molecule has 0 radical (unpaired) electrons. The molecule has 2 aliphatic heterocycles. The summed E-state index contributed by atoms with van der Waals surface area (Å²) in [7, 11) is 1.71. The van der Waals surface area contributed by atoms with Gasteiger partial charge in [-0.25, -0.2) is 0 Å². The molecule has 0 spiro atoms. The number of nitriles is 1. The fourth-order valence-corrected chi connectivity index (χ4v) is 9.98. The number of ether oxygens (including phenoxy) is 4. The molecule has 4 heterocycles. The number of hydrogen-bond donors (Lipinski definition) is 2. The first kappa shape index (κ1) is 52.3. The molecule has 6 aromatic rings. The number of pyridine rings is 2. The number of halogens is 2. The lowest BCUT2D eigenvalue weighted by Crippen LogP contribution is -2.38. The van der Waals surface area contributed by atoms with Crippen LogP contribution in [0.3, 0.4) is 0 Å². The Balaban J connectivity index is 0.994. The van der Waals surface area contributed by atoms with Crippen LogP contribution in [0.4, 0.5) is 0 Å². The third-order valence-electron chi connectivity index (χ3n) is 13.5. The van der Waals surface area contributed by atoms with E-state index in [1.54, 1.807) is 44.0 Å². The summed E-state index contributed by atoms with van der Waals surface area (Å²) in [5, 5.41) is 29.7. The van der Waals surface area contributed by atoms with E-state index in [4.69, 9.17) is 42.1 Å². The lowest BCUT2D eigenvalue weighted by molar-refractivity contribution is -0.144. The van der Waals surface area contributed by atoms with Gasteiger partial charge in [-0.05, 0) is 110 Å². The Morgan fingerprint density at radius 2 is 1.15 bits per heavy atom. The van der Waals surface area contributed by atoms with Crippen molar-refractivity contribution in [2.75, 3.05) is 33.2 Å². The summed E-state index contributed by atoms with van der Waals surface area (Å²) in [6.07, 6.45) is 11.2. The van der Waals surface area contributed by atoms with Gasteiger partial charge in [0.1, 0.15) is 55.5 Å². The minimum atomic E-state index is -0.798. The Kier molecular flexibility index (Phi) is 17.6. The number of carbonyl (C=O) groups is 2. The van der Waals surface area contributed by atoms with Crippen molar-refractivity contribution < 1.29 is 38.7 Å². The smallest absolute Gasteiger partial charge is 0.307 e. The monoisotopic (exact) mass is 1020 g/mol. The second-order valence-electron chi connectivity index (χ2n) is 18.6. The summed E-state index contributed by atoms with van der Waals surface area (Å²) >= 11 is 13.9. The highest BCUT2D eigenvalue weighted by Gasteiger charge is 2.28. The molecule has 2 atom stereocenters. The van der Waals surface area contributed by atoms with Gasteiger partial charge in [0.2, 0.25) is 0 Å². The van der Waals surface area contributed by atoms with Crippen LogP contribution in [-0.2, 0) is 49.1 Å². The van der Waals surface area contributed by atoms with Gasteiger partial charge in [0, 0.05) is 104 Å². The lowest BCUT2D eigenvalue weighted by Gasteiger charge is -2.31. The van der Waals surface area contributed by atoms with Crippen LogP contribution in [0.25, 0.3) is 11.1 Å². The molecule has 0 saturated carbocycles. The van der Waals surface area contributed by atoms with Crippen LogP contribution in [0.2, 0.25) is 10.0 Å². The average molecular weight is 1030 g/mol. The van der Waals surface area contributed by atoms with E-state index in [9.17, 15) is 25.1 Å². The molecule has 0 amide bonds. The quantitative estimate of drug-likeness (QED) is 0.0691. The third-order valence-corrected chi connectivity index (χ3v) is 14.1. The van der Waals surface area contributed by atoms with Gasteiger partial charge in [-0.2, -0.15) is 5.26 Å². The van der Waals surface area contributed by atoms with Crippen LogP contribution < -0.4 is 18.9 Å². The van der Waals surface area contributed by atoms with E-state index >= 15 is 0 Å². The number of aliphatic carboxylic acids is 2. The minimum absolute atomic E-state index is 0.147. The SMILES string of the molecule is CN=Cc1cncc(COc2cc(OCc3cccc(-c4cccc(COc5cc(OCc6cncc(C#N)c6)c(CN6CCCC(C(=O)O)C6)cc5Cl)c4C)c3C)c(Cl)cc2CN2CCCC(C(=O)O)C2)c1. The minimum Gasteiger partial charge on any atom is -0.488 e. The number of piperidine rings is 2. The maximum atomic E-state index is 11.9. The van der Waals surface area contributed by atoms with E-state index in [1.807, 2.05) is 48.5 Å². The predicted molar refractivity (Wildman–Crippen MR) is 280 cm³/mol. The van der Waals surface area contributed by atoms with Crippen molar-refractivity contribution >= 4 is 41.4 Å². The number of carboxylic acid groups (broad SMARTS) is 2. The van der Waals surface area contributed by atoms with E-state index in [2.05, 4.69) is 56.8 Å². The molecule has 2 fully saturated rings. The number of carboxylic acids is 2. The number of hydrogen-bond acceptors (Lipinski definition) is 12. The first-order valence-electron chi connectivity index (χ1n) is 24.3. The number of aromatic nitrogens is 2. The topological polar surface area (TPSA) is 180 Å². The van der Waals surface area contributed by atoms with Crippen molar-refractivity contribution in [1.29, 1.82) is 5.26 Å². The van der Waals surface area contributed by atoms with Gasteiger partial charge < -0.3 is 29.2 Å². The van der Waals surface area contributed by atoms with E-state index < -0.39 is 23.8 Å². The van der Waals surface area contributed by atoms with Gasteiger partial charge in [0.15, 0.2) is 0 Å². The van der Waals surface area contributed by atoms with Gasteiger partial charge in [0.25, 0.3) is 0 Å². The zero-order valence-corrected chi connectivity index (χ0v) is 42.7. The molecular formula is C57H58Cl2N6O8. The standard InChI is InChI=1S/C57H58Cl2N6O8/c1-36-44(34-72-54-20-52(70-32-40-16-38(22-60)24-62-26-40)46(18-50(54)58)30-64-14-6-10-42(28-64)56(66)67)8-4-12-48(36)49-13-5-9-45(37(49)2)35-73-55-21-53(71-33-41-17-39(23-61-3)25-63-27-41)47(19-51(55)59)31-65-15-7-11-43(29-65)57(68)69/h4-5,8-9,12-13,16-21,23-27,42-43H,6-7,10-11,14-15,28-35H2,1-3H3,(H,66,67)(H,68,69). The zero-order valence-electron chi connectivity index (χ0n) is 41.2. The van der Waals surface area contributed by atoms with Crippen LogP contribution >= 0.6 is 23.2 Å². The lowest BCUT2D eigenvalue weighted by atomic mass is 9.92. The zero-order chi connectivity index (χ0) is 51.4. The van der Waals surface area contributed by atoms with Crippen molar-refractivity contribution in [2.24, 2.45) is 16.8 Å². The van der Waals surface area contributed by atoms with Crippen LogP contribution in [0.5, 0.6) is 23.0 Å². The molecule has 4 aromatic carbocycles. The van der Waals surface area contributed by atoms with Gasteiger partial charge in [-0.3, -0.25) is 34.3 Å². The van der Waals surface area contributed by atoms with Crippen molar-refractivity contribution in [3.63, 3.8) is 0 Å². The molecule has 2 aromatic heterocycles. The van der Waals surface area contributed by atoms with E-state index in [0.717, 1.165) is 87.1 Å². The Hall–Kier alpha value is -7.02. The first-order valence-corrected chi connectivity index (χ1v) is 25.0. The normalized spacial score (nSPS) is 16.2. The highest BCUT2D eigenvalue weighted by atomic mass is 35.5. The van der Waals surface area contributed by atoms with Crippen molar-refractivity contribution in [1.82, 2.24) is 19.8 Å². The van der Waals surface area contributed by atoms with E-state index in [0.29, 0.717) is 77.6 Å². The van der Waals surface area contributed by atoms with Crippen molar-refractivity contribution in [3.8, 4) is 40.2 Å². The Morgan fingerprint density at radius 1 is 0.671 bits per heavy atom. The van der Waals surface area contributed by atoms with Gasteiger partial charge >= 0.3 is 11.9 Å². The first-order chi connectivity index (χ1) is 35.3. The Morgan fingerprint density at radius 3 is 1.63 bits per heavy atom. The molecule has 0 bridgehead atoms. The molecule has 73 heavy (non-hydrogen) atoms. The predicted octanol–water partition coefficient (Wildman–Crippen LogP) is 10.9. The number of benzene rings is 4. The second-order valence-corrected chi connectivity index (χ2v) is 19.5. The molecule has 378 valence electrons. The fraction of sp³-hybridized carbons (Fsp3) is 0.333. The highest BCUT2D eigenvalue weighted by Crippen LogP contribution is 2.39. The molecule has 8 rings (SSSR count). The van der Waals surface area contributed by atoms with Gasteiger partial charge in [-0.1, -0.05) is 59.6 Å². The molecular weight excluding hydrogens is 968 g/mol. The summed E-state index contributed by atoms with van der Waals surface area (Å²) in [5.74, 6) is -0.452. The fourth-order valence-electron chi connectivity index (χ4n) is 9.50. The molecule has 16 heteroatoms. The summed E-state index contributed by atoms with van der Waals surface area (Å²) in [6.45, 7) is 8.26. The summed E-state index contributed by atoms with van der Waals surface area (Å²) in [4.78, 5) is 40.6. The number of likely N-dealkylation sites (tertiary alicyclic amines) is 2. The third kappa shape index (κ3) is 13.5. The van der Waals surface area contributed by atoms with Gasteiger partial charge in [-0.15, -0.1) is 0 Å².